The molecule has 1 fully saturated rings. The molecule has 1 rings (SSSR count). The average Bonchev–Trinajstić information content (AvgIpc) is 2.24. The van der Waals surface area contributed by atoms with Crippen LogP contribution in [0.4, 0.5) is 0 Å². The van der Waals surface area contributed by atoms with Crippen molar-refractivity contribution in [3.8, 4) is 0 Å². The first-order chi connectivity index (χ1) is 7.59. The van der Waals surface area contributed by atoms with E-state index in [4.69, 9.17) is 18.9 Å². The second kappa shape index (κ2) is 7.22. The van der Waals surface area contributed by atoms with Gasteiger partial charge in [0, 0.05) is 0 Å². The molecule has 1 aliphatic rings. The predicted octanol–water partition coefficient (Wildman–Crippen LogP) is 2.03. The van der Waals surface area contributed by atoms with Gasteiger partial charge in [-0.15, -0.1) is 0 Å². The van der Waals surface area contributed by atoms with Gasteiger partial charge in [0.1, 0.15) is 0 Å². The van der Waals surface area contributed by atoms with Crippen molar-refractivity contribution < 1.29 is 18.9 Å². The lowest BCUT2D eigenvalue weighted by atomic mass is 10.2. The van der Waals surface area contributed by atoms with Crippen molar-refractivity contribution in [2.24, 2.45) is 11.8 Å². The van der Waals surface area contributed by atoms with Gasteiger partial charge in [0.2, 0.25) is 12.6 Å². The zero-order chi connectivity index (χ0) is 12.0. The molecular formula is C12H24O4. The molecule has 0 aromatic heterocycles. The van der Waals surface area contributed by atoms with Crippen molar-refractivity contribution in [3.05, 3.63) is 0 Å². The minimum absolute atomic E-state index is 0.380. The normalized spacial score (nSPS) is 26.6. The first-order valence-corrected chi connectivity index (χ1v) is 6.06. The maximum Gasteiger partial charge on any atom is 0.209 e. The molecule has 0 saturated carbocycles. The lowest BCUT2D eigenvalue weighted by Gasteiger charge is -2.32. The number of hydrogen-bond donors (Lipinski definition) is 0. The Balaban J connectivity index is 2.31. The summed E-state index contributed by atoms with van der Waals surface area (Å²) < 4.78 is 22.2. The van der Waals surface area contributed by atoms with Crippen molar-refractivity contribution in [1.82, 2.24) is 0 Å². The van der Waals surface area contributed by atoms with Gasteiger partial charge in [0.15, 0.2) is 0 Å². The summed E-state index contributed by atoms with van der Waals surface area (Å²) in [5.41, 5.74) is 0. The van der Waals surface area contributed by atoms with Gasteiger partial charge >= 0.3 is 0 Å². The monoisotopic (exact) mass is 232 g/mol. The third kappa shape index (κ3) is 5.25. The van der Waals surface area contributed by atoms with Gasteiger partial charge in [-0.25, -0.2) is 0 Å². The van der Waals surface area contributed by atoms with E-state index in [1.165, 1.54) is 0 Å². The fraction of sp³-hybridized carbons (Fsp3) is 1.00. The first-order valence-electron chi connectivity index (χ1n) is 6.06. The van der Waals surface area contributed by atoms with Gasteiger partial charge in [-0.2, -0.15) is 0 Å². The summed E-state index contributed by atoms with van der Waals surface area (Å²) >= 11 is 0. The van der Waals surface area contributed by atoms with Gasteiger partial charge in [0.25, 0.3) is 0 Å². The highest BCUT2D eigenvalue weighted by molar-refractivity contribution is 4.59. The Bertz CT molecular complexity index is 162. The molecule has 0 aliphatic carbocycles. The molecule has 16 heavy (non-hydrogen) atoms. The topological polar surface area (TPSA) is 36.9 Å². The fourth-order valence-electron chi connectivity index (χ4n) is 1.31. The molecule has 0 bridgehead atoms. The van der Waals surface area contributed by atoms with Gasteiger partial charge in [-0.05, 0) is 11.8 Å². The van der Waals surface area contributed by atoms with Crippen LogP contribution in [0.5, 0.6) is 0 Å². The van der Waals surface area contributed by atoms with Crippen molar-refractivity contribution in [1.29, 1.82) is 0 Å². The molecule has 1 heterocycles. The predicted molar refractivity (Wildman–Crippen MR) is 61.1 cm³/mol. The second-order valence-corrected chi connectivity index (χ2v) is 4.93. The molecule has 0 N–H and O–H groups in total. The van der Waals surface area contributed by atoms with E-state index >= 15 is 0 Å². The Morgan fingerprint density at radius 1 is 0.875 bits per heavy atom. The van der Waals surface area contributed by atoms with Crippen molar-refractivity contribution in [2.45, 2.75) is 40.3 Å². The summed E-state index contributed by atoms with van der Waals surface area (Å²) in [5, 5.41) is 0. The molecule has 0 aromatic rings. The highest BCUT2D eigenvalue weighted by atomic mass is 16.8. The summed E-state index contributed by atoms with van der Waals surface area (Å²) in [6, 6.07) is 0. The molecule has 4 nitrogen and oxygen atoms in total. The van der Waals surface area contributed by atoms with E-state index in [0.29, 0.717) is 38.3 Å². The molecule has 4 heteroatoms. The quantitative estimate of drug-likeness (QED) is 0.702. The molecule has 1 saturated heterocycles. The SMILES string of the molecule is CC(C)COC1OCCOC1OCC(C)C. The van der Waals surface area contributed by atoms with Gasteiger partial charge in [-0.3, -0.25) is 0 Å². The molecule has 2 unspecified atom stereocenters. The second-order valence-electron chi connectivity index (χ2n) is 4.93. The van der Waals surface area contributed by atoms with Crippen LogP contribution in [0, 0.1) is 11.8 Å². The van der Waals surface area contributed by atoms with E-state index < -0.39 is 0 Å². The summed E-state index contributed by atoms with van der Waals surface area (Å²) in [6.45, 7) is 10.9. The van der Waals surface area contributed by atoms with E-state index in [1.807, 2.05) is 0 Å². The summed E-state index contributed by atoms with van der Waals surface area (Å²) in [6.07, 6.45) is -0.759. The van der Waals surface area contributed by atoms with Crippen LogP contribution in [0.3, 0.4) is 0 Å². The van der Waals surface area contributed by atoms with Crippen LogP contribution in [0.15, 0.2) is 0 Å². The maximum absolute atomic E-state index is 5.62. The lowest BCUT2D eigenvalue weighted by molar-refractivity contribution is -0.323. The van der Waals surface area contributed by atoms with E-state index in [9.17, 15) is 0 Å². The summed E-state index contributed by atoms with van der Waals surface area (Å²) in [5.74, 6) is 0.965. The Kier molecular flexibility index (Phi) is 6.28. The van der Waals surface area contributed by atoms with Crippen molar-refractivity contribution in [3.63, 3.8) is 0 Å². The maximum atomic E-state index is 5.62. The molecule has 0 amide bonds. The minimum Gasteiger partial charge on any atom is -0.348 e. The largest absolute Gasteiger partial charge is 0.348 e. The number of rotatable bonds is 6. The molecule has 2 atom stereocenters. The van der Waals surface area contributed by atoms with Crippen LogP contribution in [-0.4, -0.2) is 39.0 Å². The Labute approximate surface area is 98.2 Å². The molecular weight excluding hydrogens is 208 g/mol. The zero-order valence-electron chi connectivity index (χ0n) is 10.8. The minimum atomic E-state index is -0.380. The fourth-order valence-corrected chi connectivity index (χ4v) is 1.31. The number of ether oxygens (including phenoxy) is 4. The highest BCUT2D eigenvalue weighted by Crippen LogP contribution is 2.15. The van der Waals surface area contributed by atoms with Crippen LogP contribution >= 0.6 is 0 Å². The number of hydrogen-bond acceptors (Lipinski definition) is 4. The van der Waals surface area contributed by atoms with Gasteiger partial charge in [0.05, 0.1) is 26.4 Å². The Morgan fingerprint density at radius 3 is 1.56 bits per heavy atom. The van der Waals surface area contributed by atoms with Crippen LogP contribution in [0.2, 0.25) is 0 Å². The third-order valence-corrected chi connectivity index (χ3v) is 2.06. The molecule has 1 aliphatic heterocycles. The van der Waals surface area contributed by atoms with E-state index in [2.05, 4.69) is 27.7 Å². The molecule has 0 spiro atoms. The van der Waals surface area contributed by atoms with Gasteiger partial charge in [-0.1, -0.05) is 27.7 Å². The molecule has 0 aromatic carbocycles. The first kappa shape index (κ1) is 13.9. The van der Waals surface area contributed by atoms with E-state index in [1.54, 1.807) is 0 Å². The zero-order valence-corrected chi connectivity index (χ0v) is 10.8. The Hall–Kier alpha value is -0.160. The van der Waals surface area contributed by atoms with Crippen LogP contribution < -0.4 is 0 Å². The lowest BCUT2D eigenvalue weighted by Crippen LogP contribution is -2.43. The van der Waals surface area contributed by atoms with Crippen molar-refractivity contribution in [2.75, 3.05) is 26.4 Å². The van der Waals surface area contributed by atoms with Crippen LogP contribution in [-0.2, 0) is 18.9 Å². The smallest absolute Gasteiger partial charge is 0.209 e. The Morgan fingerprint density at radius 2 is 1.25 bits per heavy atom. The summed E-state index contributed by atoms with van der Waals surface area (Å²) in [7, 11) is 0. The molecule has 0 radical (unpaired) electrons. The van der Waals surface area contributed by atoms with Crippen molar-refractivity contribution >= 4 is 0 Å². The standard InChI is InChI=1S/C12H24O4/c1-9(2)7-15-11-12(14-6-5-13-11)16-8-10(3)4/h9-12H,5-8H2,1-4H3. The van der Waals surface area contributed by atoms with Crippen LogP contribution in [0.25, 0.3) is 0 Å². The van der Waals surface area contributed by atoms with Crippen LogP contribution in [0.1, 0.15) is 27.7 Å². The summed E-state index contributed by atoms with van der Waals surface area (Å²) in [4.78, 5) is 0. The van der Waals surface area contributed by atoms with Gasteiger partial charge < -0.3 is 18.9 Å². The van der Waals surface area contributed by atoms with E-state index in [0.717, 1.165) is 0 Å². The average molecular weight is 232 g/mol. The third-order valence-electron chi connectivity index (χ3n) is 2.06. The highest BCUT2D eigenvalue weighted by Gasteiger charge is 2.28. The van der Waals surface area contributed by atoms with E-state index in [-0.39, 0.29) is 12.6 Å². The molecule has 96 valence electrons.